The molecule has 0 bridgehead atoms. The molecule has 0 aliphatic rings. The highest BCUT2D eigenvalue weighted by Gasteiger charge is 2.23. The van der Waals surface area contributed by atoms with Gasteiger partial charge in [-0.25, -0.2) is 0 Å². The highest BCUT2D eigenvalue weighted by atomic mass is 35.5. The molecule has 2 aromatic carbocycles. The van der Waals surface area contributed by atoms with Crippen molar-refractivity contribution in [3.8, 4) is 5.75 Å². The molecule has 0 fully saturated rings. The standard InChI is InChI=1S/C23H17Cl3N2O/c1-13-4-2-5-17(28-13)11-19(14-8-15(24)10-16(25)9-14)20-12-21(26)18-6-3-7-27-22(18)23(20)29/h2-10,12,19,29H,11H2,1H3. The number of phenols is 1. The molecule has 1 N–H and O–H groups in total. The number of hydrogen-bond acceptors (Lipinski definition) is 3. The molecule has 4 aromatic rings. The van der Waals surface area contributed by atoms with Crippen molar-refractivity contribution in [2.75, 3.05) is 0 Å². The Balaban J connectivity index is 1.93. The maximum absolute atomic E-state index is 11.1. The van der Waals surface area contributed by atoms with E-state index in [2.05, 4.69) is 9.97 Å². The SMILES string of the molecule is Cc1cccc(CC(c2cc(Cl)cc(Cl)c2)c2cc(Cl)c3cccnc3c2O)n1. The van der Waals surface area contributed by atoms with E-state index >= 15 is 0 Å². The first-order chi connectivity index (χ1) is 13.9. The Bertz CT molecular complexity index is 1190. The van der Waals surface area contributed by atoms with Crippen LogP contribution in [-0.4, -0.2) is 15.1 Å². The van der Waals surface area contributed by atoms with E-state index in [1.807, 2.05) is 43.3 Å². The number of aryl methyl sites for hydroxylation is 1. The molecule has 2 aromatic heterocycles. The summed E-state index contributed by atoms with van der Waals surface area (Å²) < 4.78 is 0. The number of benzene rings is 2. The van der Waals surface area contributed by atoms with Crippen molar-refractivity contribution < 1.29 is 5.11 Å². The monoisotopic (exact) mass is 442 g/mol. The zero-order valence-corrected chi connectivity index (χ0v) is 17.8. The molecule has 3 nitrogen and oxygen atoms in total. The minimum atomic E-state index is -0.260. The van der Waals surface area contributed by atoms with Crippen LogP contribution in [0, 0.1) is 6.92 Å². The van der Waals surface area contributed by atoms with Crippen LogP contribution in [0.5, 0.6) is 5.75 Å². The van der Waals surface area contributed by atoms with E-state index in [-0.39, 0.29) is 11.7 Å². The Hall–Kier alpha value is -2.33. The maximum atomic E-state index is 11.1. The van der Waals surface area contributed by atoms with Crippen LogP contribution in [0.15, 0.2) is 60.8 Å². The topological polar surface area (TPSA) is 46.0 Å². The summed E-state index contributed by atoms with van der Waals surface area (Å²) in [4.78, 5) is 8.96. The summed E-state index contributed by atoms with van der Waals surface area (Å²) in [6, 6.07) is 16.7. The molecule has 0 aliphatic carbocycles. The largest absolute Gasteiger partial charge is 0.505 e. The second-order valence-corrected chi connectivity index (χ2v) is 8.21. The number of aromatic hydroxyl groups is 1. The third-order valence-corrected chi connectivity index (χ3v) is 5.62. The first kappa shape index (κ1) is 20.0. The van der Waals surface area contributed by atoms with Gasteiger partial charge in [-0.2, -0.15) is 0 Å². The lowest BCUT2D eigenvalue weighted by Gasteiger charge is -2.21. The fourth-order valence-corrected chi connectivity index (χ4v) is 4.39. The van der Waals surface area contributed by atoms with Crippen molar-refractivity contribution in [3.63, 3.8) is 0 Å². The van der Waals surface area contributed by atoms with E-state index in [0.717, 1.165) is 17.0 Å². The number of pyridine rings is 2. The molecule has 2 heterocycles. The van der Waals surface area contributed by atoms with E-state index in [0.29, 0.717) is 38.0 Å². The Morgan fingerprint density at radius 1 is 0.966 bits per heavy atom. The number of rotatable bonds is 4. The zero-order valence-electron chi connectivity index (χ0n) is 15.5. The van der Waals surface area contributed by atoms with Crippen molar-refractivity contribution >= 4 is 45.7 Å². The molecule has 0 aliphatic heterocycles. The summed E-state index contributed by atoms with van der Waals surface area (Å²) >= 11 is 19.1. The quantitative estimate of drug-likeness (QED) is 0.370. The molecule has 0 amide bonds. The Morgan fingerprint density at radius 2 is 1.72 bits per heavy atom. The Morgan fingerprint density at radius 3 is 2.45 bits per heavy atom. The maximum Gasteiger partial charge on any atom is 0.145 e. The van der Waals surface area contributed by atoms with Gasteiger partial charge in [-0.05, 0) is 61.0 Å². The van der Waals surface area contributed by atoms with E-state index in [1.54, 1.807) is 24.4 Å². The van der Waals surface area contributed by atoms with Gasteiger partial charge in [-0.1, -0.05) is 40.9 Å². The fourth-order valence-electron chi connectivity index (χ4n) is 3.58. The van der Waals surface area contributed by atoms with Gasteiger partial charge >= 0.3 is 0 Å². The minimum absolute atomic E-state index is 0.0961. The van der Waals surface area contributed by atoms with Crippen LogP contribution >= 0.6 is 34.8 Å². The van der Waals surface area contributed by atoms with Gasteiger partial charge in [-0.15, -0.1) is 0 Å². The number of hydrogen-bond donors (Lipinski definition) is 1. The smallest absolute Gasteiger partial charge is 0.145 e. The highest BCUT2D eigenvalue weighted by Crippen LogP contribution is 2.41. The van der Waals surface area contributed by atoms with Crippen LogP contribution < -0.4 is 0 Å². The second-order valence-electron chi connectivity index (χ2n) is 6.93. The number of nitrogens with zero attached hydrogens (tertiary/aromatic N) is 2. The molecular formula is C23H17Cl3N2O. The number of halogens is 3. The molecule has 146 valence electrons. The molecule has 0 spiro atoms. The van der Waals surface area contributed by atoms with Gasteiger partial charge in [0.15, 0.2) is 0 Å². The third kappa shape index (κ3) is 4.18. The van der Waals surface area contributed by atoms with Gasteiger partial charge in [0, 0.05) is 50.9 Å². The van der Waals surface area contributed by atoms with Gasteiger partial charge < -0.3 is 5.11 Å². The fraction of sp³-hybridized carbons (Fsp3) is 0.130. The molecule has 0 radical (unpaired) electrons. The van der Waals surface area contributed by atoms with Crippen LogP contribution in [0.3, 0.4) is 0 Å². The molecule has 6 heteroatoms. The van der Waals surface area contributed by atoms with Gasteiger partial charge in [0.1, 0.15) is 11.3 Å². The molecule has 0 saturated carbocycles. The summed E-state index contributed by atoms with van der Waals surface area (Å²) in [6.45, 7) is 1.95. The van der Waals surface area contributed by atoms with Crippen LogP contribution in [0.25, 0.3) is 10.9 Å². The van der Waals surface area contributed by atoms with Crippen molar-refractivity contribution in [1.82, 2.24) is 9.97 Å². The molecular weight excluding hydrogens is 427 g/mol. The predicted octanol–water partition coefficient (Wildman–Crippen LogP) is 6.98. The predicted molar refractivity (Wildman–Crippen MR) is 119 cm³/mol. The third-order valence-electron chi connectivity index (χ3n) is 4.87. The summed E-state index contributed by atoms with van der Waals surface area (Å²) in [7, 11) is 0. The van der Waals surface area contributed by atoms with Crippen molar-refractivity contribution in [1.29, 1.82) is 0 Å². The minimum Gasteiger partial charge on any atom is -0.505 e. The van der Waals surface area contributed by atoms with Crippen LogP contribution in [-0.2, 0) is 6.42 Å². The summed E-state index contributed by atoms with van der Waals surface area (Å²) in [5.41, 5.74) is 3.80. The van der Waals surface area contributed by atoms with Gasteiger partial charge in [0.05, 0.1) is 5.02 Å². The Labute approximate surface area is 183 Å². The molecule has 4 rings (SSSR count). The number of aromatic nitrogens is 2. The van der Waals surface area contributed by atoms with Crippen molar-refractivity contribution in [2.24, 2.45) is 0 Å². The lowest BCUT2D eigenvalue weighted by Crippen LogP contribution is -2.08. The van der Waals surface area contributed by atoms with Gasteiger partial charge in [-0.3, -0.25) is 9.97 Å². The van der Waals surface area contributed by atoms with E-state index in [1.165, 1.54) is 0 Å². The number of phenolic OH excluding ortho intramolecular Hbond substituents is 1. The molecule has 1 atom stereocenters. The molecule has 0 saturated heterocycles. The van der Waals surface area contributed by atoms with Gasteiger partial charge in [0.25, 0.3) is 0 Å². The average molecular weight is 444 g/mol. The zero-order chi connectivity index (χ0) is 20.5. The van der Waals surface area contributed by atoms with Crippen LogP contribution in [0.1, 0.15) is 28.4 Å². The van der Waals surface area contributed by atoms with Crippen LogP contribution in [0.4, 0.5) is 0 Å². The van der Waals surface area contributed by atoms with E-state index in [9.17, 15) is 5.11 Å². The summed E-state index contributed by atoms with van der Waals surface area (Å²) in [5, 5.41) is 13.3. The summed E-state index contributed by atoms with van der Waals surface area (Å²) in [5.74, 6) is -0.164. The van der Waals surface area contributed by atoms with Crippen molar-refractivity contribution in [2.45, 2.75) is 19.3 Å². The summed E-state index contributed by atoms with van der Waals surface area (Å²) in [6.07, 6.45) is 2.18. The van der Waals surface area contributed by atoms with Crippen LogP contribution in [0.2, 0.25) is 15.1 Å². The number of fused-ring (bicyclic) bond motifs is 1. The highest BCUT2D eigenvalue weighted by molar-refractivity contribution is 6.36. The van der Waals surface area contributed by atoms with Gasteiger partial charge in [0.2, 0.25) is 0 Å². The first-order valence-electron chi connectivity index (χ1n) is 9.07. The van der Waals surface area contributed by atoms with E-state index < -0.39 is 0 Å². The second kappa shape index (κ2) is 8.19. The van der Waals surface area contributed by atoms with Crippen molar-refractivity contribution in [3.05, 3.63) is 98.4 Å². The lowest BCUT2D eigenvalue weighted by atomic mass is 9.86. The Kier molecular flexibility index (Phi) is 5.64. The first-order valence-corrected chi connectivity index (χ1v) is 10.2. The lowest BCUT2D eigenvalue weighted by molar-refractivity contribution is 0.469. The average Bonchev–Trinajstić information content (AvgIpc) is 2.68. The molecule has 1 unspecified atom stereocenters. The molecule has 29 heavy (non-hydrogen) atoms. The normalized spacial score (nSPS) is 12.3. The van der Waals surface area contributed by atoms with E-state index in [4.69, 9.17) is 34.8 Å².